The summed E-state index contributed by atoms with van der Waals surface area (Å²) in [6.07, 6.45) is 4.74. The van der Waals surface area contributed by atoms with E-state index in [1.165, 1.54) is 0 Å². The van der Waals surface area contributed by atoms with Crippen molar-refractivity contribution in [2.75, 3.05) is 6.61 Å². The summed E-state index contributed by atoms with van der Waals surface area (Å²) in [6, 6.07) is 1.60. The molecule has 0 spiro atoms. The van der Waals surface area contributed by atoms with E-state index in [1.807, 2.05) is 0 Å². The third kappa shape index (κ3) is 3.27. The van der Waals surface area contributed by atoms with E-state index >= 15 is 0 Å². The fourth-order valence-corrected chi connectivity index (χ4v) is 0.965. The molecule has 4 heteroatoms. The Hall–Kier alpha value is -1.32. The number of rotatable bonds is 5. The zero-order valence-electron chi connectivity index (χ0n) is 7.75. The second-order valence-corrected chi connectivity index (χ2v) is 2.80. The van der Waals surface area contributed by atoms with Crippen molar-refractivity contribution >= 4 is 5.97 Å². The zero-order valence-corrected chi connectivity index (χ0v) is 7.75. The molecule has 0 amide bonds. The first-order chi connectivity index (χ1) is 6.34. The molecule has 13 heavy (non-hydrogen) atoms. The van der Waals surface area contributed by atoms with Crippen molar-refractivity contribution in [1.29, 1.82) is 0 Å². The Morgan fingerprint density at radius 1 is 1.62 bits per heavy atom. The van der Waals surface area contributed by atoms with Crippen molar-refractivity contribution in [2.24, 2.45) is 0 Å². The second-order valence-electron chi connectivity index (χ2n) is 2.80. The van der Waals surface area contributed by atoms with E-state index in [-0.39, 0.29) is 5.97 Å². The molecule has 1 N–H and O–H groups in total. The van der Waals surface area contributed by atoms with Crippen LogP contribution in [-0.2, 0) is 4.74 Å². The number of hydrogen-bond acceptors (Lipinski definition) is 3. The smallest absolute Gasteiger partial charge is 0.358 e. The van der Waals surface area contributed by atoms with Gasteiger partial charge >= 0.3 is 5.97 Å². The first kappa shape index (κ1) is 9.77. The number of hydrogen-bond donors (Lipinski definition) is 1. The summed E-state index contributed by atoms with van der Waals surface area (Å²) in [6.45, 7) is 2.59. The Kier molecular flexibility index (Phi) is 4.02. The minimum atomic E-state index is -0.350. The average Bonchev–Trinajstić information content (AvgIpc) is 2.65. The minimum absolute atomic E-state index is 0.344. The van der Waals surface area contributed by atoms with E-state index in [1.54, 1.807) is 12.3 Å². The van der Waals surface area contributed by atoms with Gasteiger partial charge in [0.2, 0.25) is 0 Å². The molecule has 0 aliphatic carbocycles. The van der Waals surface area contributed by atoms with Crippen LogP contribution >= 0.6 is 0 Å². The second kappa shape index (κ2) is 5.35. The molecule has 0 aliphatic heterocycles. The summed E-state index contributed by atoms with van der Waals surface area (Å²) in [7, 11) is 0. The largest absolute Gasteiger partial charge is 0.461 e. The lowest BCUT2D eigenvalue weighted by molar-refractivity contribution is 0.0491. The number of nitrogens with one attached hydrogen (secondary N) is 1. The maximum absolute atomic E-state index is 11.2. The summed E-state index contributed by atoms with van der Waals surface area (Å²) >= 11 is 0. The lowest BCUT2D eigenvalue weighted by atomic mass is 10.3. The third-order valence-corrected chi connectivity index (χ3v) is 1.69. The van der Waals surface area contributed by atoms with Crippen LogP contribution in [0, 0.1) is 0 Å². The molecule has 0 saturated carbocycles. The molecule has 0 unspecified atom stereocenters. The van der Waals surface area contributed by atoms with Crippen LogP contribution in [0.25, 0.3) is 0 Å². The van der Waals surface area contributed by atoms with E-state index < -0.39 is 0 Å². The first-order valence-electron chi connectivity index (χ1n) is 4.51. The monoisotopic (exact) mass is 182 g/mol. The number of carbonyl (C=O) groups excluding carboxylic acids is 1. The molecule has 0 saturated heterocycles. The molecular weight excluding hydrogens is 168 g/mol. The first-order valence-corrected chi connectivity index (χ1v) is 4.51. The molecule has 0 aliphatic rings. The summed E-state index contributed by atoms with van der Waals surface area (Å²) in [5, 5.41) is 6.28. The van der Waals surface area contributed by atoms with E-state index in [0.29, 0.717) is 12.3 Å². The number of aromatic amines is 1. The van der Waals surface area contributed by atoms with Crippen LogP contribution in [0.3, 0.4) is 0 Å². The topological polar surface area (TPSA) is 55.0 Å². The fraction of sp³-hybridized carbons (Fsp3) is 0.556. The third-order valence-electron chi connectivity index (χ3n) is 1.69. The molecular formula is C9H14N2O2. The van der Waals surface area contributed by atoms with Gasteiger partial charge in [-0.3, -0.25) is 5.10 Å². The number of ether oxygens (including phenoxy) is 1. The maximum Gasteiger partial charge on any atom is 0.358 e. The average molecular weight is 182 g/mol. The highest BCUT2D eigenvalue weighted by Crippen LogP contribution is 1.99. The Labute approximate surface area is 77.3 Å². The van der Waals surface area contributed by atoms with Crippen LogP contribution in [-0.4, -0.2) is 22.8 Å². The molecule has 0 fully saturated rings. The Morgan fingerprint density at radius 2 is 2.46 bits per heavy atom. The van der Waals surface area contributed by atoms with Crippen molar-refractivity contribution in [3.8, 4) is 0 Å². The van der Waals surface area contributed by atoms with Crippen LogP contribution in [0.2, 0.25) is 0 Å². The van der Waals surface area contributed by atoms with Gasteiger partial charge in [0.25, 0.3) is 0 Å². The number of unbranched alkanes of at least 4 members (excludes halogenated alkanes) is 2. The molecule has 4 nitrogen and oxygen atoms in total. The van der Waals surface area contributed by atoms with Gasteiger partial charge in [-0.2, -0.15) is 5.10 Å². The van der Waals surface area contributed by atoms with E-state index in [4.69, 9.17) is 4.74 Å². The number of esters is 1. The van der Waals surface area contributed by atoms with Crippen LogP contribution in [0.1, 0.15) is 36.7 Å². The van der Waals surface area contributed by atoms with Gasteiger partial charge in [-0.1, -0.05) is 19.8 Å². The predicted octanol–water partition coefficient (Wildman–Crippen LogP) is 1.76. The lowest BCUT2D eigenvalue weighted by Gasteiger charge is -2.00. The predicted molar refractivity (Wildman–Crippen MR) is 48.4 cm³/mol. The molecule has 0 radical (unpaired) electrons. The highest BCUT2D eigenvalue weighted by molar-refractivity contribution is 5.86. The van der Waals surface area contributed by atoms with E-state index in [2.05, 4.69) is 17.1 Å². The van der Waals surface area contributed by atoms with Crippen molar-refractivity contribution < 1.29 is 9.53 Å². The summed E-state index contributed by atoms with van der Waals surface area (Å²) in [4.78, 5) is 11.2. The van der Waals surface area contributed by atoms with Crippen molar-refractivity contribution in [3.05, 3.63) is 18.0 Å². The number of H-pyrrole nitrogens is 1. The zero-order chi connectivity index (χ0) is 9.52. The molecule has 0 atom stereocenters. The van der Waals surface area contributed by atoms with Gasteiger partial charge in [0, 0.05) is 6.20 Å². The standard InChI is InChI=1S/C9H14N2O2/c1-2-3-4-7-13-9(12)8-5-6-10-11-8/h5-6H,2-4,7H2,1H3,(H,10,11). The number of aromatic nitrogens is 2. The van der Waals surface area contributed by atoms with Crippen LogP contribution < -0.4 is 0 Å². The SMILES string of the molecule is CCCCCOC(=O)c1cc[nH]n1. The molecule has 0 aromatic carbocycles. The summed E-state index contributed by atoms with van der Waals surface area (Å²) in [5.74, 6) is -0.350. The Balaban J connectivity index is 2.19. The summed E-state index contributed by atoms with van der Waals surface area (Å²) < 4.78 is 4.97. The fourth-order valence-electron chi connectivity index (χ4n) is 0.965. The van der Waals surface area contributed by atoms with Crippen molar-refractivity contribution in [2.45, 2.75) is 26.2 Å². The van der Waals surface area contributed by atoms with Gasteiger partial charge in [-0.25, -0.2) is 4.79 Å². The van der Waals surface area contributed by atoms with Crippen LogP contribution in [0.5, 0.6) is 0 Å². The lowest BCUT2D eigenvalue weighted by Crippen LogP contribution is -2.06. The van der Waals surface area contributed by atoms with E-state index in [0.717, 1.165) is 19.3 Å². The van der Waals surface area contributed by atoms with Gasteiger partial charge in [-0.05, 0) is 12.5 Å². The normalized spacial score (nSPS) is 9.92. The Bertz CT molecular complexity index is 244. The minimum Gasteiger partial charge on any atom is -0.461 e. The number of nitrogens with zero attached hydrogens (tertiary/aromatic N) is 1. The molecule has 0 bridgehead atoms. The van der Waals surface area contributed by atoms with Crippen molar-refractivity contribution in [3.63, 3.8) is 0 Å². The molecule has 1 aromatic heterocycles. The highest BCUT2D eigenvalue weighted by Gasteiger charge is 2.07. The molecule has 1 rings (SSSR count). The molecule has 1 heterocycles. The maximum atomic E-state index is 11.2. The molecule has 72 valence electrons. The van der Waals surface area contributed by atoms with Crippen molar-refractivity contribution in [1.82, 2.24) is 10.2 Å². The summed E-state index contributed by atoms with van der Waals surface area (Å²) in [5.41, 5.74) is 0.344. The van der Waals surface area contributed by atoms with Gasteiger partial charge in [0.1, 0.15) is 0 Å². The quantitative estimate of drug-likeness (QED) is 0.557. The number of carbonyl (C=O) groups is 1. The van der Waals surface area contributed by atoms with E-state index in [9.17, 15) is 4.79 Å². The molecule has 1 aromatic rings. The van der Waals surface area contributed by atoms with Crippen LogP contribution in [0.4, 0.5) is 0 Å². The van der Waals surface area contributed by atoms with Gasteiger partial charge in [0.15, 0.2) is 5.69 Å². The van der Waals surface area contributed by atoms with Crippen LogP contribution in [0.15, 0.2) is 12.3 Å². The highest BCUT2D eigenvalue weighted by atomic mass is 16.5. The van der Waals surface area contributed by atoms with Gasteiger partial charge in [-0.15, -0.1) is 0 Å². The van der Waals surface area contributed by atoms with Gasteiger partial charge in [0.05, 0.1) is 6.61 Å². The Morgan fingerprint density at radius 3 is 3.08 bits per heavy atom. The van der Waals surface area contributed by atoms with Gasteiger partial charge < -0.3 is 4.74 Å².